The number of ether oxygens (including phenoxy) is 1. The van der Waals surface area contributed by atoms with Crippen LogP contribution in [-0.2, 0) is 16.0 Å². The molecule has 0 aliphatic rings. The average Bonchev–Trinajstić information content (AvgIpc) is 2.08. The first-order valence-electron chi connectivity index (χ1n) is 4.80. The van der Waals surface area contributed by atoms with Gasteiger partial charge in [-0.15, -0.1) is 0 Å². The smallest absolute Gasteiger partial charge is 0.310 e. The van der Waals surface area contributed by atoms with Gasteiger partial charge in [-0.25, -0.2) is 9.37 Å². The lowest BCUT2D eigenvalue weighted by Gasteiger charge is -2.19. The van der Waals surface area contributed by atoms with Crippen molar-refractivity contribution < 1.29 is 13.9 Å². The highest BCUT2D eigenvalue weighted by atomic mass is 35.5. The Balaban J connectivity index is 2.73. The number of rotatable bonds is 2. The third-order valence-corrected chi connectivity index (χ3v) is 1.86. The first-order valence-corrected chi connectivity index (χ1v) is 5.17. The van der Waals surface area contributed by atoms with E-state index in [0.717, 1.165) is 6.20 Å². The molecule has 88 valence electrons. The number of hydrogen-bond acceptors (Lipinski definition) is 3. The summed E-state index contributed by atoms with van der Waals surface area (Å²) in [5, 5.41) is 0.153. The number of esters is 1. The zero-order valence-corrected chi connectivity index (χ0v) is 10.1. The molecule has 0 atom stereocenters. The molecule has 3 nitrogen and oxygen atoms in total. The summed E-state index contributed by atoms with van der Waals surface area (Å²) in [6.07, 6.45) is 0.841. The molecule has 0 amide bonds. The van der Waals surface area contributed by atoms with Crippen LogP contribution in [0, 0.1) is 5.82 Å². The lowest BCUT2D eigenvalue weighted by Crippen LogP contribution is -2.25. The van der Waals surface area contributed by atoms with Gasteiger partial charge in [0.05, 0.1) is 12.6 Å². The fourth-order valence-corrected chi connectivity index (χ4v) is 1.30. The summed E-state index contributed by atoms with van der Waals surface area (Å²) in [4.78, 5) is 15.0. The molecule has 0 aromatic carbocycles. The van der Waals surface area contributed by atoms with Gasteiger partial charge in [0.15, 0.2) is 0 Å². The average molecular weight is 246 g/mol. The maximum Gasteiger partial charge on any atom is 0.310 e. The minimum atomic E-state index is -0.579. The maximum absolute atomic E-state index is 13.2. The zero-order chi connectivity index (χ0) is 12.3. The summed E-state index contributed by atoms with van der Waals surface area (Å²) in [7, 11) is 0. The number of carbonyl (C=O) groups excluding carboxylic acids is 1. The third-order valence-electron chi connectivity index (χ3n) is 1.66. The van der Waals surface area contributed by atoms with E-state index in [1.54, 1.807) is 20.8 Å². The molecule has 0 aliphatic carbocycles. The molecule has 0 saturated heterocycles. The normalized spacial score (nSPS) is 11.3. The molecule has 1 rings (SSSR count). The van der Waals surface area contributed by atoms with Crippen LogP contribution >= 0.6 is 11.6 Å². The number of hydrogen-bond donors (Lipinski definition) is 0. The van der Waals surface area contributed by atoms with Crippen molar-refractivity contribution in [1.29, 1.82) is 0 Å². The fourth-order valence-electron chi connectivity index (χ4n) is 1.12. The van der Waals surface area contributed by atoms with Crippen LogP contribution < -0.4 is 0 Å². The highest BCUT2D eigenvalue weighted by molar-refractivity contribution is 6.29. The number of carbonyl (C=O) groups is 1. The molecule has 0 fully saturated rings. The summed E-state index contributed by atoms with van der Waals surface area (Å²) in [5.41, 5.74) is -0.390. The van der Waals surface area contributed by atoms with Crippen molar-refractivity contribution in [2.75, 3.05) is 0 Å². The Bertz CT molecular complexity index is 401. The van der Waals surface area contributed by atoms with Gasteiger partial charge in [0.2, 0.25) is 0 Å². The highest BCUT2D eigenvalue weighted by Gasteiger charge is 2.18. The van der Waals surface area contributed by atoms with Gasteiger partial charge in [0.25, 0.3) is 0 Å². The molecule has 0 saturated carbocycles. The van der Waals surface area contributed by atoms with Gasteiger partial charge in [-0.2, -0.15) is 0 Å². The topological polar surface area (TPSA) is 39.2 Å². The Hall–Kier alpha value is -1.16. The van der Waals surface area contributed by atoms with E-state index >= 15 is 0 Å². The zero-order valence-electron chi connectivity index (χ0n) is 9.38. The minimum absolute atomic E-state index is 0.147. The van der Waals surface area contributed by atoms with Gasteiger partial charge in [0, 0.05) is 5.56 Å². The Morgan fingerprint density at radius 2 is 2.19 bits per heavy atom. The van der Waals surface area contributed by atoms with Crippen molar-refractivity contribution in [1.82, 2.24) is 4.98 Å². The molecule has 0 N–H and O–H groups in total. The van der Waals surface area contributed by atoms with E-state index in [1.165, 1.54) is 6.07 Å². The van der Waals surface area contributed by atoms with E-state index in [-0.39, 0.29) is 17.1 Å². The monoisotopic (exact) mass is 245 g/mol. The molecular weight excluding hydrogens is 233 g/mol. The van der Waals surface area contributed by atoms with Gasteiger partial charge in [0.1, 0.15) is 16.6 Å². The second kappa shape index (κ2) is 4.78. The quantitative estimate of drug-likeness (QED) is 0.594. The molecule has 0 bridgehead atoms. The summed E-state index contributed by atoms with van der Waals surface area (Å²) >= 11 is 5.60. The molecule has 0 radical (unpaired) electrons. The Morgan fingerprint density at radius 1 is 1.56 bits per heavy atom. The summed E-state index contributed by atoms with van der Waals surface area (Å²) in [6, 6.07) is 1.32. The van der Waals surface area contributed by atoms with E-state index in [9.17, 15) is 9.18 Å². The van der Waals surface area contributed by atoms with Crippen molar-refractivity contribution in [2.45, 2.75) is 32.8 Å². The number of aromatic nitrogens is 1. The number of pyridine rings is 1. The van der Waals surface area contributed by atoms with Gasteiger partial charge >= 0.3 is 5.97 Å². The van der Waals surface area contributed by atoms with Crippen LogP contribution in [-0.4, -0.2) is 16.6 Å². The third kappa shape index (κ3) is 4.14. The SMILES string of the molecule is CC(C)(C)OC(=O)Cc1cc(Cl)ncc1F. The predicted molar refractivity (Wildman–Crippen MR) is 58.8 cm³/mol. The van der Waals surface area contributed by atoms with Crippen LogP contribution in [0.2, 0.25) is 5.15 Å². The molecule has 5 heteroatoms. The molecule has 1 aromatic heterocycles. The summed E-state index contributed by atoms with van der Waals surface area (Å²) in [5.74, 6) is -1.05. The molecule has 0 spiro atoms. The van der Waals surface area contributed by atoms with Gasteiger partial charge in [-0.1, -0.05) is 11.6 Å². The number of halogens is 2. The highest BCUT2D eigenvalue weighted by Crippen LogP contribution is 2.15. The number of nitrogens with zero attached hydrogens (tertiary/aromatic N) is 1. The van der Waals surface area contributed by atoms with Crippen LogP contribution in [0.25, 0.3) is 0 Å². The van der Waals surface area contributed by atoms with E-state index < -0.39 is 17.4 Å². The van der Waals surface area contributed by atoms with Crippen molar-refractivity contribution in [3.05, 3.63) is 28.8 Å². The van der Waals surface area contributed by atoms with E-state index in [4.69, 9.17) is 16.3 Å². The molecule has 0 unspecified atom stereocenters. The van der Waals surface area contributed by atoms with Gasteiger partial charge < -0.3 is 4.74 Å². The van der Waals surface area contributed by atoms with E-state index in [1.807, 2.05) is 0 Å². The van der Waals surface area contributed by atoms with Crippen LogP contribution in [0.1, 0.15) is 26.3 Å². The second-order valence-electron chi connectivity index (χ2n) is 4.36. The molecule has 16 heavy (non-hydrogen) atoms. The fraction of sp³-hybridized carbons (Fsp3) is 0.455. The molecular formula is C11H13ClFNO2. The van der Waals surface area contributed by atoms with Gasteiger partial charge in [-0.05, 0) is 26.8 Å². The first kappa shape index (κ1) is 12.9. The van der Waals surface area contributed by atoms with Crippen LogP contribution in [0.5, 0.6) is 0 Å². The predicted octanol–water partition coefficient (Wildman–Crippen LogP) is 2.76. The van der Waals surface area contributed by atoms with Crippen LogP contribution in [0.15, 0.2) is 12.3 Å². The second-order valence-corrected chi connectivity index (χ2v) is 4.75. The Morgan fingerprint density at radius 3 is 2.75 bits per heavy atom. The van der Waals surface area contributed by atoms with E-state index in [2.05, 4.69) is 4.98 Å². The molecule has 1 aromatic rings. The van der Waals surface area contributed by atoms with Crippen molar-refractivity contribution >= 4 is 17.6 Å². The van der Waals surface area contributed by atoms with Crippen LogP contribution in [0.4, 0.5) is 4.39 Å². The first-order chi connectivity index (χ1) is 7.28. The maximum atomic E-state index is 13.2. The van der Waals surface area contributed by atoms with Crippen molar-refractivity contribution in [3.8, 4) is 0 Å². The van der Waals surface area contributed by atoms with Crippen LogP contribution in [0.3, 0.4) is 0 Å². The summed E-state index contributed by atoms with van der Waals surface area (Å²) in [6.45, 7) is 5.25. The molecule has 0 aliphatic heterocycles. The lowest BCUT2D eigenvalue weighted by molar-refractivity contribution is -0.153. The standard InChI is InChI=1S/C11H13ClFNO2/c1-11(2,3)16-10(15)5-7-4-9(12)14-6-8(7)13/h4,6H,5H2,1-3H3. The van der Waals surface area contributed by atoms with E-state index in [0.29, 0.717) is 0 Å². The summed E-state index contributed by atoms with van der Waals surface area (Å²) < 4.78 is 18.3. The largest absolute Gasteiger partial charge is 0.460 e. The molecule has 1 heterocycles. The Kier molecular flexibility index (Phi) is 3.86. The van der Waals surface area contributed by atoms with Gasteiger partial charge in [-0.3, -0.25) is 4.79 Å². The minimum Gasteiger partial charge on any atom is -0.460 e. The van der Waals surface area contributed by atoms with Crippen molar-refractivity contribution in [3.63, 3.8) is 0 Å². The van der Waals surface area contributed by atoms with Crippen molar-refractivity contribution in [2.24, 2.45) is 0 Å². The lowest BCUT2D eigenvalue weighted by atomic mass is 10.1. The Labute approximate surface area is 98.6 Å².